The van der Waals surface area contributed by atoms with E-state index in [4.69, 9.17) is 13.9 Å². The van der Waals surface area contributed by atoms with Crippen molar-refractivity contribution in [3.05, 3.63) is 0 Å². The van der Waals surface area contributed by atoms with Crippen LogP contribution in [0.2, 0.25) is 0 Å². The zero-order valence-corrected chi connectivity index (χ0v) is 13.8. The van der Waals surface area contributed by atoms with E-state index in [0.29, 0.717) is 0 Å². The molecule has 0 atom stereocenters. The van der Waals surface area contributed by atoms with Crippen molar-refractivity contribution >= 4 is 37.2 Å². The average Bonchev–Trinajstić information content (AvgIpc) is 1.59. The predicted octanol–water partition coefficient (Wildman–Crippen LogP) is 2.70. The van der Waals surface area contributed by atoms with Crippen LogP contribution < -0.4 is 0 Å². The first-order valence-electron chi connectivity index (χ1n) is 3.63. The first-order chi connectivity index (χ1) is 5.00. The van der Waals surface area contributed by atoms with Gasteiger partial charge in [-0.15, -0.1) is 37.2 Å². The topological polar surface area (TPSA) is 57.5 Å². The van der Waals surface area contributed by atoms with Crippen LogP contribution in [0.25, 0.3) is 0 Å². The van der Waals surface area contributed by atoms with Crippen molar-refractivity contribution in [2.75, 3.05) is 0 Å². The standard InChI is InChI=1S/2C4H10O.3ClH.O.V/c2*1-4(2,3)5;;;;;/h2*5H,1-3H3;3*1H;;. The van der Waals surface area contributed by atoms with Gasteiger partial charge in [0, 0.05) is 0 Å². The molecule has 0 bridgehead atoms. The summed E-state index contributed by atoms with van der Waals surface area (Å²) < 4.78 is 8.19. The van der Waals surface area contributed by atoms with Crippen LogP contribution in [0, 0.1) is 0 Å². The van der Waals surface area contributed by atoms with E-state index in [1.165, 1.54) is 0 Å². The van der Waals surface area contributed by atoms with Crippen molar-refractivity contribution in [1.29, 1.82) is 0 Å². The van der Waals surface area contributed by atoms with Gasteiger partial charge in [-0.05, 0) is 41.5 Å². The van der Waals surface area contributed by atoms with Crippen molar-refractivity contribution in [2.45, 2.75) is 52.7 Å². The van der Waals surface area contributed by atoms with Crippen molar-refractivity contribution in [1.82, 2.24) is 0 Å². The van der Waals surface area contributed by atoms with Gasteiger partial charge in [0.25, 0.3) is 0 Å². The molecule has 0 fully saturated rings. The molecule has 7 heteroatoms. The molecule has 3 nitrogen and oxygen atoms in total. The van der Waals surface area contributed by atoms with E-state index in [2.05, 4.69) is 0 Å². The second kappa shape index (κ2) is 17.6. The molecule has 99 valence electrons. The summed E-state index contributed by atoms with van der Waals surface area (Å²) in [6.45, 7) is 10.5. The van der Waals surface area contributed by atoms with E-state index >= 15 is 0 Å². The zero-order valence-electron chi connectivity index (χ0n) is 9.97. The minimum absolute atomic E-state index is 0. The molecule has 0 saturated heterocycles. The molecule has 0 rings (SSSR count). The van der Waals surface area contributed by atoms with E-state index in [0.717, 1.165) is 17.4 Å². The molecule has 0 aromatic rings. The molecule has 2 N–H and O–H groups in total. The Balaban J connectivity index is -0.0000000197. The molecule has 0 unspecified atom stereocenters. The van der Waals surface area contributed by atoms with Gasteiger partial charge in [-0.3, -0.25) is 0 Å². The Morgan fingerprint density at radius 3 is 0.667 bits per heavy atom. The molecule has 0 radical (unpaired) electrons. The fraction of sp³-hybridized carbons (Fsp3) is 1.00. The van der Waals surface area contributed by atoms with Gasteiger partial charge in [-0.25, -0.2) is 0 Å². The van der Waals surface area contributed by atoms with Crippen molar-refractivity contribution in [3.8, 4) is 0 Å². The summed E-state index contributed by atoms with van der Waals surface area (Å²) in [6, 6.07) is 0. The van der Waals surface area contributed by atoms with Crippen LogP contribution in [0.15, 0.2) is 0 Å². The molecule has 15 heavy (non-hydrogen) atoms. The number of aliphatic hydroxyl groups is 2. The van der Waals surface area contributed by atoms with Gasteiger partial charge < -0.3 is 10.2 Å². The first-order valence-corrected chi connectivity index (χ1v) is 4.20. The van der Waals surface area contributed by atoms with Crippen LogP contribution in [0.3, 0.4) is 0 Å². The molecule has 0 amide bonds. The summed E-state index contributed by atoms with van der Waals surface area (Å²) in [5.74, 6) is 0. The van der Waals surface area contributed by atoms with E-state index in [1.807, 2.05) is 0 Å². The van der Waals surface area contributed by atoms with Gasteiger partial charge in [0.05, 0.1) is 11.2 Å². The molecule has 0 saturated carbocycles. The zero-order chi connectivity index (χ0) is 11.0. The van der Waals surface area contributed by atoms with Gasteiger partial charge in [-0.1, -0.05) is 0 Å². The number of hydrogen-bond donors (Lipinski definition) is 2. The van der Waals surface area contributed by atoms with Crippen LogP contribution in [-0.2, 0) is 21.0 Å². The Hall–Kier alpha value is 1.17. The Morgan fingerprint density at radius 2 is 0.667 bits per heavy atom. The fourth-order valence-electron chi connectivity index (χ4n) is 0. The van der Waals surface area contributed by atoms with E-state index in [-0.39, 0.29) is 37.2 Å². The van der Waals surface area contributed by atoms with E-state index in [9.17, 15) is 0 Å². The van der Waals surface area contributed by atoms with E-state index < -0.39 is 11.2 Å². The number of rotatable bonds is 0. The third kappa shape index (κ3) is 1910. The predicted molar refractivity (Wildman–Crippen MR) is 66.4 cm³/mol. The Labute approximate surface area is 121 Å². The first kappa shape index (κ1) is 36.0. The van der Waals surface area contributed by atoms with Crippen molar-refractivity contribution in [3.63, 3.8) is 0 Å². The third-order valence-corrected chi connectivity index (χ3v) is 0. The molecule has 0 aliphatic heterocycles. The Bertz CT molecular complexity index is 78.3. The third-order valence-electron chi connectivity index (χ3n) is 0. The van der Waals surface area contributed by atoms with Crippen molar-refractivity contribution in [2.24, 2.45) is 0 Å². The molecule has 0 aliphatic rings. The molecule has 0 spiro atoms. The molecule has 0 aromatic carbocycles. The van der Waals surface area contributed by atoms with Gasteiger partial charge in [-0.2, -0.15) is 0 Å². The van der Waals surface area contributed by atoms with Crippen LogP contribution in [0.1, 0.15) is 41.5 Å². The maximum atomic E-state index is 8.52. The normalized spacial score (nSPS) is 8.20. The summed E-state index contributed by atoms with van der Waals surface area (Å²) in [4.78, 5) is 0. The number of halogens is 3. The van der Waals surface area contributed by atoms with Crippen LogP contribution >= 0.6 is 37.2 Å². The van der Waals surface area contributed by atoms with Gasteiger partial charge >= 0.3 is 21.0 Å². The monoisotopic (exact) mass is 323 g/mol. The Kier molecular flexibility index (Phi) is 42.1. The molecule has 0 aromatic heterocycles. The maximum absolute atomic E-state index is 8.52. The Morgan fingerprint density at radius 1 is 0.667 bits per heavy atom. The van der Waals surface area contributed by atoms with Gasteiger partial charge in [0.1, 0.15) is 0 Å². The summed E-state index contributed by atoms with van der Waals surface area (Å²) in [7, 11) is 0. The van der Waals surface area contributed by atoms with Crippen LogP contribution in [-0.4, -0.2) is 21.4 Å². The van der Waals surface area contributed by atoms with E-state index in [1.54, 1.807) is 41.5 Å². The molecule has 0 heterocycles. The van der Waals surface area contributed by atoms with Crippen LogP contribution in [0.4, 0.5) is 0 Å². The fourth-order valence-corrected chi connectivity index (χ4v) is 0. The minimum atomic E-state index is -0.500. The molecular weight excluding hydrogens is 301 g/mol. The number of hydrogen-bond acceptors (Lipinski definition) is 3. The van der Waals surface area contributed by atoms with Crippen molar-refractivity contribution < 1.29 is 31.3 Å². The molecule has 0 aliphatic carbocycles. The van der Waals surface area contributed by atoms with Crippen LogP contribution in [0.5, 0.6) is 0 Å². The second-order valence-corrected chi connectivity index (χ2v) is 4.34. The quantitative estimate of drug-likeness (QED) is 0.720. The average molecular weight is 325 g/mol. The van der Waals surface area contributed by atoms with Gasteiger partial charge in [0.2, 0.25) is 0 Å². The second-order valence-electron chi connectivity index (χ2n) is 4.34. The summed E-state index contributed by atoms with van der Waals surface area (Å²) in [5, 5.41) is 17.0. The summed E-state index contributed by atoms with van der Waals surface area (Å²) in [6.07, 6.45) is 0. The summed E-state index contributed by atoms with van der Waals surface area (Å²) >= 11 is 1.06. The molecular formula is C8H23Cl3O3V. The summed E-state index contributed by atoms with van der Waals surface area (Å²) in [5.41, 5.74) is -1.00. The SMILES string of the molecule is CC(C)(C)O.CC(C)(C)O.Cl.Cl.Cl.[O]=[V]. The van der Waals surface area contributed by atoms with Gasteiger partial charge in [0.15, 0.2) is 0 Å².